The molecule has 26 heavy (non-hydrogen) atoms. The molecule has 0 saturated carbocycles. The van der Waals surface area contributed by atoms with Gasteiger partial charge in [0.05, 0.1) is 13.7 Å². The number of nitrogen functional groups attached to an aromatic ring is 1. The van der Waals surface area contributed by atoms with Gasteiger partial charge in [0.15, 0.2) is 12.0 Å². The summed E-state index contributed by atoms with van der Waals surface area (Å²) in [5.74, 6) is -1.49. The number of nitrogens with zero attached hydrogens (tertiary/aromatic N) is 2. The van der Waals surface area contributed by atoms with Gasteiger partial charge in [-0.25, -0.2) is 9.59 Å². The van der Waals surface area contributed by atoms with Crippen molar-refractivity contribution in [1.82, 2.24) is 9.55 Å². The van der Waals surface area contributed by atoms with Crippen LogP contribution >= 0.6 is 0 Å². The zero-order chi connectivity index (χ0) is 19.1. The first kappa shape index (κ1) is 18.5. The molecule has 2 fully saturated rings. The largest absolute Gasteiger partial charge is 0.466 e. The SMILES string of the molecule is COC(=O)C=Cc1cn(C2O[C@H](CO)[C@@H]3OC(C)(C)O[C@H]23)c(=O)nc1N. The molecular weight excluding hydrogens is 346 g/mol. The molecule has 0 bridgehead atoms. The summed E-state index contributed by atoms with van der Waals surface area (Å²) in [5.41, 5.74) is 5.44. The fourth-order valence-corrected chi connectivity index (χ4v) is 3.06. The lowest BCUT2D eigenvalue weighted by Gasteiger charge is -2.24. The van der Waals surface area contributed by atoms with E-state index >= 15 is 0 Å². The molecule has 10 nitrogen and oxygen atoms in total. The Morgan fingerprint density at radius 3 is 2.81 bits per heavy atom. The number of ether oxygens (including phenoxy) is 4. The van der Waals surface area contributed by atoms with E-state index in [4.69, 9.17) is 19.9 Å². The highest BCUT2D eigenvalue weighted by atomic mass is 16.8. The number of aliphatic hydroxyl groups is 1. The van der Waals surface area contributed by atoms with Crippen molar-refractivity contribution in [1.29, 1.82) is 0 Å². The lowest BCUT2D eigenvalue weighted by atomic mass is 10.1. The molecule has 0 spiro atoms. The summed E-state index contributed by atoms with van der Waals surface area (Å²) in [6.07, 6.45) is 1.32. The average molecular weight is 367 g/mol. The lowest BCUT2D eigenvalue weighted by Crippen LogP contribution is -2.35. The van der Waals surface area contributed by atoms with Crippen LogP contribution in [0.25, 0.3) is 6.08 Å². The second-order valence-corrected chi connectivity index (χ2v) is 6.44. The van der Waals surface area contributed by atoms with Crippen LogP contribution < -0.4 is 11.4 Å². The van der Waals surface area contributed by atoms with E-state index in [0.29, 0.717) is 5.56 Å². The Morgan fingerprint density at radius 1 is 1.46 bits per heavy atom. The third-order valence-corrected chi connectivity index (χ3v) is 4.19. The van der Waals surface area contributed by atoms with Crippen molar-refractivity contribution in [3.63, 3.8) is 0 Å². The molecule has 0 aliphatic carbocycles. The number of hydrogen-bond donors (Lipinski definition) is 2. The molecule has 1 aromatic heterocycles. The minimum Gasteiger partial charge on any atom is -0.466 e. The lowest BCUT2D eigenvalue weighted by molar-refractivity contribution is -0.200. The molecule has 4 atom stereocenters. The molecule has 10 heteroatoms. The highest BCUT2D eigenvalue weighted by molar-refractivity contribution is 5.87. The fraction of sp³-hybridized carbons (Fsp3) is 0.562. The Bertz CT molecular complexity index is 789. The van der Waals surface area contributed by atoms with Gasteiger partial charge in [-0.1, -0.05) is 0 Å². The molecule has 2 aliphatic heterocycles. The summed E-state index contributed by atoms with van der Waals surface area (Å²) in [4.78, 5) is 27.4. The summed E-state index contributed by atoms with van der Waals surface area (Å²) in [6, 6.07) is 0. The van der Waals surface area contributed by atoms with Gasteiger partial charge in [0, 0.05) is 17.8 Å². The van der Waals surface area contributed by atoms with E-state index in [2.05, 4.69) is 9.72 Å². The number of carbonyl (C=O) groups excluding carboxylic acids is 1. The van der Waals surface area contributed by atoms with Crippen molar-refractivity contribution >= 4 is 17.9 Å². The summed E-state index contributed by atoms with van der Waals surface area (Å²) >= 11 is 0. The van der Waals surface area contributed by atoms with Gasteiger partial charge in [-0.2, -0.15) is 4.98 Å². The maximum Gasteiger partial charge on any atom is 0.351 e. The molecule has 2 saturated heterocycles. The van der Waals surface area contributed by atoms with E-state index < -0.39 is 42.0 Å². The number of aliphatic hydroxyl groups excluding tert-OH is 1. The first-order valence-electron chi connectivity index (χ1n) is 8.02. The van der Waals surface area contributed by atoms with Crippen LogP contribution in [0, 0.1) is 0 Å². The molecule has 1 unspecified atom stereocenters. The van der Waals surface area contributed by atoms with Gasteiger partial charge in [0.25, 0.3) is 0 Å². The van der Waals surface area contributed by atoms with E-state index in [1.54, 1.807) is 13.8 Å². The molecule has 0 radical (unpaired) electrons. The maximum atomic E-state index is 12.3. The highest BCUT2D eigenvalue weighted by Crippen LogP contribution is 2.42. The minimum absolute atomic E-state index is 0.0384. The molecule has 0 amide bonds. The summed E-state index contributed by atoms with van der Waals surface area (Å²) in [6.45, 7) is 3.19. The van der Waals surface area contributed by atoms with Crippen LogP contribution in [-0.4, -0.2) is 58.4 Å². The number of anilines is 1. The Morgan fingerprint density at radius 2 is 2.15 bits per heavy atom. The number of nitrogens with two attached hydrogens (primary N) is 1. The second kappa shape index (κ2) is 6.80. The Labute approximate surface area is 149 Å². The number of fused-ring (bicyclic) bond motifs is 1. The van der Waals surface area contributed by atoms with Gasteiger partial charge in [-0.05, 0) is 19.9 Å². The van der Waals surface area contributed by atoms with Crippen LogP contribution in [0.15, 0.2) is 17.1 Å². The van der Waals surface area contributed by atoms with Crippen LogP contribution in [0.5, 0.6) is 0 Å². The third kappa shape index (κ3) is 3.36. The van der Waals surface area contributed by atoms with Crippen LogP contribution in [0.1, 0.15) is 25.6 Å². The van der Waals surface area contributed by atoms with Crippen LogP contribution in [0.3, 0.4) is 0 Å². The fourth-order valence-electron chi connectivity index (χ4n) is 3.06. The van der Waals surface area contributed by atoms with Crippen LogP contribution in [-0.2, 0) is 23.7 Å². The van der Waals surface area contributed by atoms with Gasteiger partial charge in [-0.3, -0.25) is 4.57 Å². The van der Waals surface area contributed by atoms with E-state index in [-0.39, 0.29) is 12.4 Å². The van der Waals surface area contributed by atoms with Gasteiger partial charge >= 0.3 is 11.7 Å². The topological polar surface area (TPSA) is 135 Å². The standard InChI is InChI=1S/C16H21N3O7/c1-16(2)25-11-9(7-20)24-14(12(11)26-16)19-6-8(4-5-10(21)23-3)13(17)18-15(19)22/h4-6,9,11-12,14,20H,7H2,1-3H3,(H2,17,18,22)/t9-,11+,12+,14?/m1/s1. The van der Waals surface area contributed by atoms with Crippen molar-refractivity contribution in [2.24, 2.45) is 0 Å². The quantitative estimate of drug-likeness (QED) is 0.529. The molecule has 3 N–H and O–H groups in total. The maximum absolute atomic E-state index is 12.3. The monoisotopic (exact) mass is 367 g/mol. The van der Waals surface area contributed by atoms with E-state index in [9.17, 15) is 14.7 Å². The van der Waals surface area contributed by atoms with E-state index in [1.807, 2.05) is 0 Å². The van der Waals surface area contributed by atoms with Gasteiger partial charge < -0.3 is 29.8 Å². The predicted molar refractivity (Wildman–Crippen MR) is 88.8 cm³/mol. The van der Waals surface area contributed by atoms with Crippen molar-refractivity contribution in [3.05, 3.63) is 28.3 Å². The molecule has 2 aliphatic rings. The molecule has 142 valence electrons. The molecule has 3 heterocycles. The van der Waals surface area contributed by atoms with E-state index in [0.717, 1.165) is 6.08 Å². The van der Waals surface area contributed by atoms with Crippen LogP contribution in [0.2, 0.25) is 0 Å². The summed E-state index contributed by atoms with van der Waals surface area (Å²) < 4.78 is 23.1. The van der Waals surface area contributed by atoms with Gasteiger partial charge in [0.1, 0.15) is 24.1 Å². The Kier molecular flexibility index (Phi) is 4.84. The van der Waals surface area contributed by atoms with Crippen molar-refractivity contribution in [3.8, 4) is 0 Å². The van der Waals surface area contributed by atoms with Crippen molar-refractivity contribution < 1.29 is 28.8 Å². The van der Waals surface area contributed by atoms with Gasteiger partial charge in [-0.15, -0.1) is 0 Å². The zero-order valence-corrected chi connectivity index (χ0v) is 14.6. The molecular formula is C16H21N3O7. The number of rotatable bonds is 4. The first-order valence-corrected chi connectivity index (χ1v) is 8.02. The second-order valence-electron chi connectivity index (χ2n) is 6.44. The smallest absolute Gasteiger partial charge is 0.351 e. The normalized spacial score (nSPS) is 29.8. The molecule has 0 aromatic carbocycles. The molecule has 1 aromatic rings. The summed E-state index contributed by atoms with van der Waals surface area (Å²) in [7, 11) is 1.25. The molecule has 3 rings (SSSR count). The van der Waals surface area contributed by atoms with Crippen molar-refractivity contribution in [2.75, 3.05) is 19.5 Å². The van der Waals surface area contributed by atoms with Gasteiger partial charge in [0.2, 0.25) is 0 Å². The number of hydrogen-bond acceptors (Lipinski definition) is 9. The zero-order valence-electron chi connectivity index (χ0n) is 14.6. The highest BCUT2D eigenvalue weighted by Gasteiger charge is 2.55. The van der Waals surface area contributed by atoms with Crippen LogP contribution in [0.4, 0.5) is 5.82 Å². The predicted octanol–water partition coefficient (Wildman–Crippen LogP) is -0.578. The minimum atomic E-state index is -0.872. The Hall–Kier alpha value is -2.27. The number of aromatic nitrogens is 2. The first-order chi connectivity index (χ1) is 12.3. The summed E-state index contributed by atoms with van der Waals surface area (Å²) in [5, 5.41) is 9.54. The average Bonchev–Trinajstić information content (AvgIpc) is 3.06. The number of methoxy groups -OCH3 is 1. The number of carbonyl (C=O) groups is 1. The van der Waals surface area contributed by atoms with Crippen molar-refractivity contribution in [2.45, 2.75) is 44.2 Å². The Balaban J connectivity index is 1.97. The third-order valence-electron chi connectivity index (χ3n) is 4.19. The van der Waals surface area contributed by atoms with E-state index in [1.165, 1.54) is 23.9 Å². The number of esters is 1.